The van der Waals surface area contributed by atoms with Gasteiger partial charge in [0.2, 0.25) is 0 Å². The van der Waals surface area contributed by atoms with Crippen molar-refractivity contribution < 1.29 is 4.21 Å². The van der Waals surface area contributed by atoms with Gasteiger partial charge >= 0.3 is 0 Å². The van der Waals surface area contributed by atoms with Crippen molar-refractivity contribution in [1.82, 2.24) is 0 Å². The molecular weight excluding hydrogens is 170 g/mol. The standard InChI is InChI=1S/C9H13NOS/c1-10-9-5-3-4-8(6-9)7-12(2)11/h3-6,10H,7H2,1-2H3. The van der Waals surface area contributed by atoms with Gasteiger partial charge in [0.25, 0.3) is 0 Å². The molecular formula is C9H13NOS. The van der Waals surface area contributed by atoms with Crippen LogP contribution < -0.4 is 5.32 Å². The van der Waals surface area contributed by atoms with Gasteiger partial charge in [-0.25, -0.2) is 0 Å². The Labute approximate surface area is 75.5 Å². The largest absolute Gasteiger partial charge is 0.388 e. The molecule has 0 aliphatic rings. The van der Waals surface area contributed by atoms with Gasteiger partial charge in [-0.2, -0.15) is 0 Å². The SMILES string of the molecule is CNc1cccc(CS(C)=O)c1. The zero-order valence-electron chi connectivity index (χ0n) is 7.33. The summed E-state index contributed by atoms with van der Waals surface area (Å²) in [7, 11) is 1.12. The lowest BCUT2D eigenvalue weighted by Gasteiger charge is -2.02. The predicted octanol–water partition coefficient (Wildman–Crippen LogP) is 1.61. The minimum Gasteiger partial charge on any atom is -0.388 e. The van der Waals surface area contributed by atoms with Gasteiger partial charge in [0.15, 0.2) is 0 Å². The molecule has 1 aromatic rings. The van der Waals surface area contributed by atoms with Gasteiger partial charge in [-0.15, -0.1) is 0 Å². The number of rotatable bonds is 3. The maximum Gasteiger partial charge on any atom is 0.0483 e. The van der Waals surface area contributed by atoms with Crippen LogP contribution in [0, 0.1) is 0 Å². The average Bonchev–Trinajstić information content (AvgIpc) is 2.03. The van der Waals surface area contributed by atoms with Crippen LogP contribution in [-0.4, -0.2) is 17.5 Å². The summed E-state index contributed by atoms with van der Waals surface area (Å²) in [6.45, 7) is 0. The molecule has 1 N–H and O–H groups in total. The fourth-order valence-electron chi connectivity index (χ4n) is 1.05. The van der Waals surface area contributed by atoms with Crippen molar-refractivity contribution in [2.45, 2.75) is 5.75 Å². The lowest BCUT2D eigenvalue weighted by molar-refractivity contribution is 0.686. The molecule has 3 heteroatoms. The van der Waals surface area contributed by atoms with Crippen LogP contribution >= 0.6 is 0 Å². The highest BCUT2D eigenvalue weighted by atomic mass is 32.2. The quantitative estimate of drug-likeness (QED) is 0.771. The number of nitrogens with one attached hydrogen (secondary N) is 1. The van der Waals surface area contributed by atoms with Crippen LogP contribution in [0.25, 0.3) is 0 Å². The third kappa shape index (κ3) is 2.66. The summed E-state index contributed by atoms with van der Waals surface area (Å²) in [5.74, 6) is 0.634. The molecule has 12 heavy (non-hydrogen) atoms. The van der Waals surface area contributed by atoms with Gasteiger partial charge in [-0.1, -0.05) is 12.1 Å². The van der Waals surface area contributed by atoms with E-state index >= 15 is 0 Å². The summed E-state index contributed by atoms with van der Waals surface area (Å²) >= 11 is 0. The third-order valence-electron chi connectivity index (χ3n) is 1.59. The van der Waals surface area contributed by atoms with Crippen LogP contribution in [0.3, 0.4) is 0 Å². The maximum absolute atomic E-state index is 10.9. The first-order valence-electron chi connectivity index (χ1n) is 3.79. The van der Waals surface area contributed by atoms with Crippen molar-refractivity contribution in [1.29, 1.82) is 0 Å². The average molecular weight is 183 g/mol. The highest BCUT2D eigenvalue weighted by Gasteiger charge is 1.96. The molecule has 1 atom stereocenters. The van der Waals surface area contributed by atoms with E-state index in [4.69, 9.17) is 0 Å². The van der Waals surface area contributed by atoms with Crippen LogP contribution in [0.1, 0.15) is 5.56 Å². The highest BCUT2D eigenvalue weighted by molar-refractivity contribution is 7.83. The molecule has 0 radical (unpaired) electrons. The smallest absolute Gasteiger partial charge is 0.0483 e. The first kappa shape index (κ1) is 9.26. The zero-order valence-corrected chi connectivity index (χ0v) is 8.15. The minimum absolute atomic E-state index is 0.634. The summed E-state index contributed by atoms with van der Waals surface area (Å²) in [5.41, 5.74) is 2.18. The number of hydrogen-bond acceptors (Lipinski definition) is 2. The molecule has 2 nitrogen and oxygen atoms in total. The molecule has 1 unspecified atom stereocenters. The van der Waals surface area contributed by atoms with Crippen molar-refractivity contribution >= 4 is 16.5 Å². The lowest BCUT2D eigenvalue weighted by Crippen LogP contribution is -1.94. The van der Waals surface area contributed by atoms with E-state index in [9.17, 15) is 4.21 Å². The van der Waals surface area contributed by atoms with E-state index in [0.29, 0.717) is 5.75 Å². The first-order chi connectivity index (χ1) is 5.72. The van der Waals surface area contributed by atoms with Gasteiger partial charge < -0.3 is 5.32 Å². The predicted molar refractivity (Wildman–Crippen MR) is 53.8 cm³/mol. The summed E-state index contributed by atoms with van der Waals surface area (Å²) in [6, 6.07) is 7.96. The zero-order chi connectivity index (χ0) is 8.97. The van der Waals surface area contributed by atoms with Crippen LogP contribution in [0.15, 0.2) is 24.3 Å². The molecule has 0 aliphatic carbocycles. The summed E-state index contributed by atoms with van der Waals surface area (Å²) in [6.07, 6.45) is 1.71. The Hall–Kier alpha value is -0.830. The van der Waals surface area contributed by atoms with Crippen molar-refractivity contribution in [3.05, 3.63) is 29.8 Å². The number of anilines is 1. The first-order valence-corrected chi connectivity index (χ1v) is 5.52. The molecule has 0 amide bonds. The van der Waals surface area contributed by atoms with Crippen molar-refractivity contribution in [3.63, 3.8) is 0 Å². The Bertz CT molecular complexity index is 286. The van der Waals surface area contributed by atoms with Crippen molar-refractivity contribution in [2.75, 3.05) is 18.6 Å². The third-order valence-corrected chi connectivity index (χ3v) is 2.33. The minimum atomic E-state index is -0.755. The summed E-state index contributed by atoms with van der Waals surface area (Å²) < 4.78 is 10.9. The lowest BCUT2D eigenvalue weighted by atomic mass is 10.2. The van der Waals surface area contributed by atoms with Crippen LogP contribution in [0.5, 0.6) is 0 Å². The van der Waals surface area contributed by atoms with E-state index in [1.807, 2.05) is 31.3 Å². The Balaban J connectivity index is 2.79. The second kappa shape index (κ2) is 4.26. The van der Waals surface area contributed by atoms with Gasteiger partial charge in [-0.3, -0.25) is 4.21 Å². The molecule has 1 rings (SSSR count). The monoisotopic (exact) mass is 183 g/mol. The number of hydrogen-bond donors (Lipinski definition) is 1. The van der Waals surface area contributed by atoms with E-state index in [1.54, 1.807) is 6.26 Å². The van der Waals surface area contributed by atoms with E-state index < -0.39 is 10.8 Å². The van der Waals surface area contributed by atoms with E-state index in [0.717, 1.165) is 11.3 Å². The normalized spacial score (nSPS) is 12.5. The van der Waals surface area contributed by atoms with Gasteiger partial charge in [0.05, 0.1) is 0 Å². The molecule has 0 saturated heterocycles. The Morgan fingerprint density at radius 1 is 1.50 bits per heavy atom. The molecule has 0 fully saturated rings. The fraction of sp³-hybridized carbons (Fsp3) is 0.333. The molecule has 0 spiro atoms. The van der Waals surface area contributed by atoms with Gasteiger partial charge in [0, 0.05) is 35.5 Å². The summed E-state index contributed by atoms with van der Waals surface area (Å²) in [5, 5.41) is 3.04. The van der Waals surface area contributed by atoms with Crippen LogP contribution in [0.2, 0.25) is 0 Å². The molecule has 0 saturated carbocycles. The van der Waals surface area contributed by atoms with Crippen molar-refractivity contribution in [2.24, 2.45) is 0 Å². The van der Waals surface area contributed by atoms with Gasteiger partial charge in [0.1, 0.15) is 0 Å². The second-order valence-electron chi connectivity index (χ2n) is 2.67. The molecule has 1 aromatic carbocycles. The Morgan fingerprint density at radius 2 is 2.25 bits per heavy atom. The Morgan fingerprint density at radius 3 is 2.83 bits per heavy atom. The Kier molecular flexibility index (Phi) is 3.29. The molecule has 0 aromatic heterocycles. The molecule has 0 bridgehead atoms. The molecule has 0 heterocycles. The van der Waals surface area contributed by atoms with Crippen LogP contribution in [0.4, 0.5) is 5.69 Å². The fourth-order valence-corrected chi connectivity index (χ4v) is 1.70. The van der Waals surface area contributed by atoms with E-state index in [-0.39, 0.29) is 0 Å². The van der Waals surface area contributed by atoms with Crippen molar-refractivity contribution in [3.8, 4) is 0 Å². The number of benzene rings is 1. The van der Waals surface area contributed by atoms with E-state index in [2.05, 4.69) is 5.32 Å². The highest BCUT2D eigenvalue weighted by Crippen LogP contribution is 2.10. The van der Waals surface area contributed by atoms with E-state index in [1.165, 1.54) is 0 Å². The topological polar surface area (TPSA) is 29.1 Å². The van der Waals surface area contributed by atoms with Gasteiger partial charge in [-0.05, 0) is 17.7 Å². The molecule has 66 valence electrons. The maximum atomic E-state index is 10.9. The summed E-state index contributed by atoms with van der Waals surface area (Å²) in [4.78, 5) is 0. The van der Waals surface area contributed by atoms with Crippen LogP contribution in [-0.2, 0) is 16.6 Å². The molecule has 0 aliphatic heterocycles. The second-order valence-corrected chi connectivity index (χ2v) is 4.10.